The number of hydrogen-bond donors (Lipinski definition) is 0. The molecule has 0 heterocycles. The molecule has 0 spiro atoms. The average Bonchev–Trinajstić information content (AvgIpc) is 2.80. The van der Waals surface area contributed by atoms with Crippen LogP contribution < -0.4 is 9.64 Å². The monoisotopic (exact) mass is 466 g/mol. The van der Waals surface area contributed by atoms with Crippen molar-refractivity contribution < 1.29 is 17.9 Å². The predicted molar refractivity (Wildman–Crippen MR) is 131 cm³/mol. The molecule has 3 rings (SSSR count). The fourth-order valence-corrected chi connectivity index (χ4v) is 5.09. The Hall–Kier alpha value is -3.16. The van der Waals surface area contributed by atoms with Gasteiger partial charge >= 0.3 is 0 Å². The molecule has 0 fully saturated rings. The highest BCUT2D eigenvalue weighted by atomic mass is 32.2. The van der Waals surface area contributed by atoms with Gasteiger partial charge in [-0.25, -0.2) is 8.42 Å². The molecule has 0 radical (unpaired) electrons. The summed E-state index contributed by atoms with van der Waals surface area (Å²) in [5.74, 6) is -0.0852. The Kier molecular flexibility index (Phi) is 7.56. The number of anilines is 1. The normalized spacial score (nSPS) is 11.5. The summed E-state index contributed by atoms with van der Waals surface area (Å²) in [6, 6.07) is 20.0. The molecule has 0 atom stereocenters. The molecular weight excluding hydrogens is 436 g/mol. The molecule has 6 nitrogen and oxygen atoms in total. The van der Waals surface area contributed by atoms with Gasteiger partial charge in [0.15, 0.2) is 0 Å². The van der Waals surface area contributed by atoms with Gasteiger partial charge in [-0.05, 0) is 67.3 Å². The Morgan fingerprint density at radius 3 is 2.24 bits per heavy atom. The van der Waals surface area contributed by atoms with E-state index in [-0.39, 0.29) is 29.6 Å². The molecule has 1 amide bonds. The Balaban J connectivity index is 1.98. The van der Waals surface area contributed by atoms with Gasteiger partial charge in [-0.1, -0.05) is 42.5 Å². The first kappa shape index (κ1) is 24.5. The number of carbonyl (C=O) groups excluding carboxylic acids is 1. The van der Waals surface area contributed by atoms with E-state index < -0.39 is 10.0 Å². The van der Waals surface area contributed by atoms with Crippen LogP contribution in [0.4, 0.5) is 5.69 Å². The number of hydrogen-bond acceptors (Lipinski definition) is 4. The topological polar surface area (TPSA) is 66.9 Å². The van der Waals surface area contributed by atoms with Crippen molar-refractivity contribution in [2.24, 2.45) is 0 Å². The molecule has 0 aliphatic carbocycles. The molecule has 0 bridgehead atoms. The molecule has 33 heavy (non-hydrogen) atoms. The van der Waals surface area contributed by atoms with Gasteiger partial charge in [-0.3, -0.25) is 4.79 Å². The van der Waals surface area contributed by atoms with Crippen molar-refractivity contribution >= 4 is 21.6 Å². The van der Waals surface area contributed by atoms with Crippen LogP contribution in [0.2, 0.25) is 0 Å². The Morgan fingerprint density at radius 2 is 1.61 bits per heavy atom. The molecule has 0 N–H and O–H groups in total. The lowest BCUT2D eigenvalue weighted by Crippen LogP contribution is -2.41. The third-order valence-electron chi connectivity index (χ3n) is 5.70. The molecule has 7 heteroatoms. The zero-order valence-corrected chi connectivity index (χ0v) is 20.5. The highest BCUT2D eigenvalue weighted by Gasteiger charge is 2.31. The van der Waals surface area contributed by atoms with Gasteiger partial charge in [0.25, 0.3) is 0 Å². The maximum atomic E-state index is 13.7. The first-order valence-corrected chi connectivity index (χ1v) is 12.1. The number of amides is 1. The number of sulfonamides is 1. The van der Waals surface area contributed by atoms with Crippen LogP contribution in [-0.2, 0) is 21.4 Å². The average molecular weight is 467 g/mol. The van der Waals surface area contributed by atoms with E-state index >= 15 is 0 Å². The maximum Gasteiger partial charge on any atom is 0.247 e. The van der Waals surface area contributed by atoms with Gasteiger partial charge < -0.3 is 9.64 Å². The maximum absolute atomic E-state index is 13.7. The molecule has 174 valence electrons. The summed E-state index contributed by atoms with van der Waals surface area (Å²) in [5, 5.41) is 0. The number of rotatable bonds is 8. The summed E-state index contributed by atoms with van der Waals surface area (Å²) in [7, 11) is -0.935. The fourth-order valence-electron chi connectivity index (χ4n) is 3.47. The van der Waals surface area contributed by atoms with Crippen molar-refractivity contribution in [3.05, 3.63) is 89.0 Å². The Bertz CT molecular complexity index is 1240. The molecule has 0 aliphatic rings. The summed E-state index contributed by atoms with van der Waals surface area (Å²) < 4.78 is 34.0. The second-order valence-corrected chi connectivity index (χ2v) is 10.0. The van der Waals surface area contributed by atoms with Gasteiger partial charge in [0, 0.05) is 19.3 Å². The van der Waals surface area contributed by atoms with E-state index in [2.05, 4.69) is 0 Å². The van der Waals surface area contributed by atoms with Crippen molar-refractivity contribution in [1.29, 1.82) is 0 Å². The van der Waals surface area contributed by atoms with Crippen molar-refractivity contribution in [1.82, 2.24) is 4.31 Å². The molecule has 0 saturated carbocycles. The SMILES string of the molecule is COc1ccc(C)cc1S(=O)(=O)N(CC(=O)N(C)c1ccc(C)c(C)c1)Cc1ccccc1. The second-order valence-electron chi connectivity index (χ2n) is 8.13. The van der Waals surface area contributed by atoms with Crippen LogP contribution in [0, 0.1) is 20.8 Å². The van der Waals surface area contributed by atoms with E-state index in [1.165, 1.54) is 16.3 Å². The van der Waals surface area contributed by atoms with E-state index in [0.717, 1.165) is 22.3 Å². The second kappa shape index (κ2) is 10.2. The van der Waals surface area contributed by atoms with E-state index in [9.17, 15) is 13.2 Å². The van der Waals surface area contributed by atoms with Crippen LogP contribution >= 0.6 is 0 Å². The predicted octanol–water partition coefficient (Wildman–Crippen LogP) is 4.47. The minimum Gasteiger partial charge on any atom is -0.495 e. The minimum atomic E-state index is -4.03. The summed E-state index contributed by atoms with van der Waals surface area (Å²) in [4.78, 5) is 14.8. The number of carbonyl (C=O) groups is 1. The van der Waals surface area contributed by atoms with Gasteiger partial charge in [0.2, 0.25) is 15.9 Å². The summed E-state index contributed by atoms with van der Waals surface area (Å²) in [6.45, 7) is 5.56. The smallest absolute Gasteiger partial charge is 0.247 e. The first-order valence-electron chi connectivity index (χ1n) is 10.7. The van der Waals surface area contributed by atoms with Crippen LogP contribution in [0.5, 0.6) is 5.75 Å². The van der Waals surface area contributed by atoms with Crippen LogP contribution in [0.1, 0.15) is 22.3 Å². The summed E-state index contributed by atoms with van der Waals surface area (Å²) in [5.41, 5.74) is 4.47. The highest BCUT2D eigenvalue weighted by Crippen LogP contribution is 2.29. The van der Waals surface area contributed by atoms with Crippen LogP contribution in [0.15, 0.2) is 71.6 Å². The quantitative estimate of drug-likeness (QED) is 0.491. The van der Waals surface area contributed by atoms with Gasteiger partial charge in [0.1, 0.15) is 10.6 Å². The molecule has 0 aromatic heterocycles. The third-order valence-corrected chi connectivity index (χ3v) is 7.52. The van der Waals surface area contributed by atoms with Crippen LogP contribution in [-0.4, -0.2) is 39.3 Å². The van der Waals surface area contributed by atoms with Crippen molar-refractivity contribution in [3.63, 3.8) is 0 Å². The molecule has 0 aliphatic heterocycles. The number of ether oxygens (including phenoxy) is 1. The molecular formula is C26H30N2O4S. The van der Waals surface area contributed by atoms with Crippen LogP contribution in [0.3, 0.4) is 0 Å². The minimum absolute atomic E-state index is 0.0440. The Morgan fingerprint density at radius 1 is 0.909 bits per heavy atom. The molecule has 3 aromatic rings. The first-order chi connectivity index (χ1) is 15.6. The lowest BCUT2D eigenvalue weighted by Gasteiger charge is -2.26. The number of aryl methyl sites for hydroxylation is 3. The van der Waals surface area contributed by atoms with E-state index in [1.807, 2.05) is 69.3 Å². The van der Waals surface area contributed by atoms with Gasteiger partial charge in [0.05, 0.1) is 13.7 Å². The summed E-state index contributed by atoms with van der Waals surface area (Å²) in [6.07, 6.45) is 0. The van der Waals surface area contributed by atoms with E-state index in [4.69, 9.17) is 4.74 Å². The molecule has 3 aromatic carbocycles. The number of benzene rings is 3. The Labute approximate surface area is 196 Å². The molecule has 0 unspecified atom stereocenters. The zero-order chi connectivity index (χ0) is 24.2. The van der Waals surface area contributed by atoms with E-state index in [0.29, 0.717) is 5.69 Å². The fraction of sp³-hybridized carbons (Fsp3) is 0.269. The summed E-state index contributed by atoms with van der Waals surface area (Å²) >= 11 is 0. The van der Waals surface area contributed by atoms with Crippen LogP contribution in [0.25, 0.3) is 0 Å². The van der Waals surface area contributed by atoms with Crippen molar-refractivity contribution in [2.75, 3.05) is 25.6 Å². The molecule has 0 saturated heterocycles. The van der Waals surface area contributed by atoms with Gasteiger partial charge in [-0.15, -0.1) is 0 Å². The largest absolute Gasteiger partial charge is 0.495 e. The number of likely N-dealkylation sites (N-methyl/N-ethyl adjacent to an activating group) is 1. The highest BCUT2D eigenvalue weighted by molar-refractivity contribution is 7.89. The zero-order valence-electron chi connectivity index (χ0n) is 19.7. The lowest BCUT2D eigenvalue weighted by atomic mass is 10.1. The van der Waals surface area contributed by atoms with Crippen molar-refractivity contribution in [2.45, 2.75) is 32.2 Å². The third kappa shape index (κ3) is 5.61. The van der Waals surface area contributed by atoms with Gasteiger partial charge in [-0.2, -0.15) is 4.31 Å². The lowest BCUT2D eigenvalue weighted by molar-refractivity contribution is -0.118. The number of nitrogens with zero attached hydrogens (tertiary/aromatic N) is 2. The standard InChI is InChI=1S/C26H30N2O4S/c1-19-11-14-24(32-5)25(15-19)33(30,31)28(17-22-9-7-6-8-10-22)18-26(29)27(4)23-13-12-20(2)21(3)16-23/h6-16H,17-18H2,1-5H3. The van der Waals surface area contributed by atoms with Crippen molar-refractivity contribution in [3.8, 4) is 5.75 Å². The number of methoxy groups -OCH3 is 1. The van der Waals surface area contributed by atoms with E-state index in [1.54, 1.807) is 25.2 Å².